The van der Waals surface area contributed by atoms with Crippen molar-refractivity contribution in [1.29, 1.82) is 0 Å². The second-order valence-corrected chi connectivity index (χ2v) is 12.2. The topological polar surface area (TPSA) is 108 Å². The summed E-state index contributed by atoms with van der Waals surface area (Å²) < 4.78 is 11.2. The molecule has 0 radical (unpaired) electrons. The SMILES string of the molecule is CCCN(CCc1cccc(OCc2ccccc2)c1O)C(=O)N(CC(C)CC)C(=O)c1cccc(NC(=O)OC(C)(C)C)c1. The van der Waals surface area contributed by atoms with Crippen LogP contribution in [0, 0.1) is 5.92 Å². The van der Waals surface area contributed by atoms with Crippen LogP contribution in [0.3, 0.4) is 0 Å². The van der Waals surface area contributed by atoms with Gasteiger partial charge in [-0.3, -0.25) is 15.0 Å². The number of carbonyl (C=O) groups is 3. The average molecular weight is 618 g/mol. The number of amides is 4. The molecule has 242 valence electrons. The van der Waals surface area contributed by atoms with Crippen LogP contribution >= 0.6 is 0 Å². The lowest BCUT2D eigenvalue weighted by Gasteiger charge is -2.31. The van der Waals surface area contributed by atoms with Gasteiger partial charge in [0.25, 0.3) is 5.91 Å². The van der Waals surface area contributed by atoms with Crippen LogP contribution in [0.25, 0.3) is 0 Å². The minimum Gasteiger partial charge on any atom is -0.504 e. The molecule has 0 saturated carbocycles. The normalized spacial score (nSPS) is 11.8. The molecule has 1 atom stereocenters. The maximum absolute atomic E-state index is 14.0. The van der Waals surface area contributed by atoms with Crippen molar-refractivity contribution in [3.63, 3.8) is 0 Å². The van der Waals surface area contributed by atoms with Gasteiger partial charge in [0.2, 0.25) is 0 Å². The number of phenols is 1. The standard InChI is InChI=1S/C36H47N3O6/c1-7-21-38(22-20-28-16-13-19-31(32(28)40)44-25-27-14-10-9-11-15-27)35(43)39(24-26(3)8-2)33(41)29-17-12-18-30(23-29)37-34(42)45-36(4,5)6/h9-19,23,26,40H,7-8,20-22,24-25H2,1-6H3,(H,37,42). The molecule has 1 unspecified atom stereocenters. The summed E-state index contributed by atoms with van der Waals surface area (Å²) in [5.74, 6) is 0.0395. The molecule has 9 heteroatoms. The number of hydrogen-bond acceptors (Lipinski definition) is 6. The molecule has 2 N–H and O–H groups in total. The van der Waals surface area contributed by atoms with E-state index in [-0.39, 0.29) is 23.8 Å². The monoisotopic (exact) mass is 617 g/mol. The van der Waals surface area contributed by atoms with Crippen LogP contribution in [0.4, 0.5) is 15.3 Å². The Morgan fingerprint density at radius 2 is 1.64 bits per heavy atom. The van der Waals surface area contributed by atoms with Gasteiger partial charge >= 0.3 is 12.1 Å². The van der Waals surface area contributed by atoms with E-state index in [1.54, 1.807) is 56.0 Å². The fourth-order valence-electron chi connectivity index (χ4n) is 4.62. The average Bonchev–Trinajstić information content (AvgIpc) is 3.00. The smallest absolute Gasteiger partial charge is 0.412 e. The Kier molecular flexibility index (Phi) is 12.8. The van der Waals surface area contributed by atoms with Crippen molar-refractivity contribution in [2.75, 3.05) is 25.0 Å². The number of imide groups is 1. The summed E-state index contributed by atoms with van der Waals surface area (Å²) in [6, 6.07) is 21.1. The molecule has 0 spiro atoms. The predicted molar refractivity (Wildman–Crippen MR) is 177 cm³/mol. The largest absolute Gasteiger partial charge is 0.504 e. The molecule has 0 aliphatic rings. The fourth-order valence-corrected chi connectivity index (χ4v) is 4.62. The number of anilines is 1. The second kappa shape index (κ2) is 16.5. The molecule has 0 bridgehead atoms. The van der Waals surface area contributed by atoms with E-state index in [0.717, 1.165) is 12.0 Å². The molecule has 0 saturated heterocycles. The van der Waals surface area contributed by atoms with Gasteiger partial charge in [0.1, 0.15) is 12.2 Å². The summed E-state index contributed by atoms with van der Waals surface area (Å²) in [5.41, 5.74) is 1.63. The van der Waals surface area contributed by atoms with Gasteiger partial charge in [0.15, 0.2) is 11.5 Å². The van der Waals surface area contributed by atoms with E-state index in [1.807, 2.05) is 63.2 Å². The molecule has 0 fully saturated rings. The van der Waals surface area contributed by atoms with Gasteiger partial charge < -0.3 is 19.5 Å². The molecular formula is C36H47N3O6. The third kappa shape index (κ3) is 10.8. The van der Waals surface area contributed by atoms with Crippen molar-refractivity contribution in [2.45, 2.75) is 73.0 Å². The molecule has 4 amide bonds. The van der Waals surface area contributed by atoms with Crippen LogP contribution in [0.15, 0.2) is 72.8 Å². The van der Waals surface area contributed by atoms with Crippen molar-refractivity contribution < 1.29 is 29.0 Å². The summed E-state index contributed by atoms with van der Waals surface area (Å²) in [5, 5.41) is 13.6. The van der Waals surface area contributed by atoms with E-state index in [9.17, 15) is 19.5 Å². The first kappa shape index (κ1) is 35.0. The lowest BCUT2D eigenvalue weighted by Crippen LogP contribution is -2.48. The minimum atomic E-state index is -0.674. The van der Waals surface area contributed by atoms with Gasteiger partial charge in [-0.25, -0.2) is 9.59 Å². The van der Waals surface area contributed by atoms with Crippen molar-refractivity contribution in [2.24, 2.45) is 5.92 Å². The summed E-state index contributed by atoms with van der Waals surface area (Å²) >= 11 is 0. The highest BCUT2D eigenvalue weighted by molar-refractivity contribution is 6.05. The number of urea groups is 1. The van der Waals surface area contributed by atoms with E-state index >= 15 is 0 Å². The Hall–Kier alpha value is -4.53. The van der Waals surface area contributed by atoms with E-state index in [0.29, 0.717) is 49.5 Å². The van der Waals surface area contributed by atoms with Gasteiger partial charge in [-0.05, 0) is 74.9 Å². The molecular weight excluding hydrogens is 570 g/mol. The molecule has 0 aromatic heterocycles. The van der Waals surface area contributed by atoms with E-state index in [1.165, 1.54) is 4.90 Å². The lowest BCUT2D eigenvalue weighted by atomic mass is 10.1. The first-order valence-electron chi connectivity index (χ1n) is 15.6. The maximum atomic E-state index is 14.0. The van der Waals surface area contributed by atoms with Crippen LogP contribution in [0.5, 0.6) is 11.5 Å². The third-order valence-corrected chi connectivity index (χ3v) is 7.16. The Morgan fingerprint density at radius 3 is 2.31 bits per heavy atom. The number of hydrogen-bond donors (Lipinski definition) is 2. The molecule has 0 aliphatic heterocycles. The third-order valence-electron chi connectivity index (χ3n) is 7.16. The van der Waals surface area contributed by atoms with Crippen LogP contribution in [0.2, 0.25) is 0 Å². The number of para-hydroxylation sites is 1. The quantitative estimate of drug-likeness (QED) is 0.202. The Labute approximate surface area is 267 Å². The molecule has 0 heterocycles. The summed E-state index contributed by atoms with van der Waals surface area (Å²) in [4.78, 5) is 43.1. The molecule has 3 aromatic carbocycles. The molecule has 3 rings (SSSR count). The number of carbonyl (C=O) groups excluding carboxylic acids is 3. The lowest BCUT2D eigenvalue weighted by molar-refractivity contribution is 0.0634. The zero-order chi connectivity index (χ0) is 33.0. The number of ether oxygens (including phenoxy) is 2. The number of nitrogens with one attached hydrogen (secondary N) is 1. The van der Waals surface area contributed by atoms with Gasteiger partial charge in [-0.2, -0.15) is 0 Å². The van der Waals surface area contributed by atoms with Gasteiger partial charge in [0, 0.05) is 30.9 Å². The van der Waals surface area contributed by atoms with Crippen LogP contribution < -0.4 is 10.1 Å². The predicted octanol–water partition coefficient (Wildman–Crippen LogP) is 7.88. The minimum absolute atomic E-state index is 0.0409. The fraction of sp³-hybridized carbons (Fsp3) is 0.417. The number of nitrogens with zero attached hydrogens (tertiary/aromatic N) is 2. The van der Waals surface area contributed by atoms with E-state index in [2.05, 4.69) is 5.32 Å². The Balaban J connectivity index is 1.78. The number of rotatable bonds is 13. The van der Waals surface area contributed by atoms with Crippen molar-refractivity contribution >= 4 is 23.7 Å². The molecule has 9 nitrogen and oxygen atoms in total. The van der Waals surface area contributed by atoms with Gasteiger partial charge in [-0.15, -0.1) is 0 Å². The molecule has 45 heavy (non-hydrogen) atoms. The van der Waals surface area contributed by atoms with Crippen LogP contribution in [-0.4, -0.2) is 58.2 Å². The highest BCUT2D eigenvalue weighted by atomic mass is 16.6. The summed E-state index contributed by atoms with van der Waals surface area (Å²) in [7, 11) is 0. The van der Waals surface area contributed by atoms with Crippen molar-refractivity contribution in [3.05, 3.63) is 89.5 Å². The zero-order valence-corrected chi connectivity index (χ0v) is 27.3. The first-order chi connectivity index (χ1) is 21.4. The van der Waals surface area contributed by atoms with E-state index < -0.39 is 23.6 Å². The second-order valence-electron chi connectivity index (χ2n) is 12.2. The summed E-state index contributed by atoms with van der Waals surface area (Å²) in [6.45, 7) is 12.6. The molecule has 0 aliphatic carbocycles. The molecule has 3 aromatic rings. The highest BCUT2D eigenvalue weighted by Gasteiger charge is 2.29. The van der Waals surface area contributed by atoms with Gasteiger partial charge in [-0.1, -0.05) is 75.7 Å². The van der Waals surface area contributed by atoms with E-state index in [4.69, 9.17) is 9.47 Å². The number of phenolic OH excluding ortho intramolecular Hbond substituents is 1. The van der Waals surface area contributed by atoms with Crippen molar-refractivity contribution in [3.8, 4) is 11.5 Å². The van der Waals surface area contributed by atoms with Crippen LogP contribution in [-0.2, 0) is 17.8 Å². The number of benzene rings is 3. The Morgan fingerprint density at radius 1 is 0.933 bits per heavy atom. The number of aromatic hydroxyl groups is 1. The maximum Gasteiger partial charge on any atom is 0.412 e. The van der Waals surface area contributed by atoms with Crippen molar-refractivity contribution in [1.82, 2.24) is 9.80 Å². The Bertz CT molecular complexity index is 1420. The van der Waals surface area contributed by atoms with Gasteiger partial charge in [0.05, 0.1) is 0 Å². The zero-order valence-electron chi connectivity index (χ0n) is 27.3. The summed E-state index contributed by atoms with van der Waals surface area (Å²) in [6.07, 6.45) is 1.22. The highest BCUT2D eigenvalue weighted by Crippen LogP contribution is 2.31. The van der Waals surface area contributed by atoms with Crippen LogP contribution in [0.1, 0.15) is 75.9 Å². The first-order valence-corrected chi connectivity index (χ1v) is 15.6.